The fourth-order valence-corrected chi connectivity index (χ4v) is 1.78. The van der Waals surface area contributed by atoms with E-state index in [1.165, 1.54) is 0 Å². The van der Waals surface area contributed by atoms with E-state index in [0.717, 1.165) is 22.5 Å². The van der Waals surface area contributed by atoms with Crippen molar-refractivity contribution in [3.8, 4) is 22.5 Å². The first-order valence-electron chi connectivity index (χ1n) is 5.73. The standard InChI is InChI=1S/C15H11N3/c1-2-5-12(6-3-1)14-9-8-13(11-16-14)15-7-4-10-17-18-15/h1-11H. The molecule has 2 aromatic heterocycles. The first kappa shape index (κ1) is 10.6. The number of hydrogen-bond donors (Lipinski definition) is 0. The molecule has 0 bridgehead atoms. The van der Waals surface area contributed by atoms with Crippen molar-refractivity contribution in [2.45, 2.75) is 0 Å². The Labute approximate surface area is 105 Å². The van der Waals surface area contributed by atoms with Gasteiger partial charge in [0, 0.05) is 23.5 Å². The molecule has 0 atom stereocenters. The molecule has 0 aliphatic rings. The third kappa shape index (κ3) is 2.11. The van der Waals surface area contributed by atoms with E-state index in [2.05, 4.69) is 15.2 Å². The van der Waals surface area contributed by atoms with Crippen LogP contribution in [0, 0.1) is 0 Å². The van der Waals surface area contributed by atoms with Crippen LogP contribution in [0.25, 0.3) is 22.5 Å². The zero-order valence-electron chi connectivity index (χ0n) is 9.69. The molecular formula is C15H11N3. The van der Waals surface area contributed by atoms with Crippen LogP contribution in [0.15, 0.2) is 67.0 Å². The highest BCUT2D eigenvalue weighted by molar-refractivity contribution is 5.64. The minimum Gasteiger partial charge on any atom is -0.256 e. The fraction of sp³-hybridized carbons (Fsp3) is 0. The van der Waals surface area contributed by atoms with Crippen molar-refractivity contribution < 1.29 is 0 Å². The van der Waals surface area contributed by atoms with Crippen molar-refractivity contribution in [1.29, 1.82) is 0 Å². The summed E-state index contributed by atoms with van der Waals surface area (Å²) in [7, 11) is 0. The molecule has 0 N–H and O–H groups in total. The van der Waals surface area contributed by atoms with Crippen LogP contribution in [0.4, 0.5) is 0 Å². The second-order valence-corrected chi connectivity index (χ2v) is 3.91. The average Bonchev–Trinajstić information content (AvgIpc) is 2.49. The molecule has 2 heterocycles. The van der Waals surface area contributed by atoms with Crippen molar-refractivity contribution in [2.24, 2.45) is 0 Å². The first-order valence-corrected chi connectivity index (χ1v) is 5.73. The van der Waals surface area contributed by atoms with Crippen molar-refractivity contribution in [3.05, 3.63) is 67.0 Å². The highest BCUT2D eigenvalue weighted by Gasteiger charge is 2.01. The van der Waals surface area contributed by atoms with Crippen LogP contribution in [-0.4, -0.2) is 15.2 Å². The molecule has 0 aliphatic carbocycles. The second-order valence-electron chi connectivity index (χ2n) is 3.91. The Bertz CT molecular complexity index is 560. The Morgan fingerprint density at radius 2 is 1.56 bits per heavy atom. The number of rotatable bonds is 2. The van der Waals surface area contributed by atoms with E-state index in [1.54, 1.807) is 6.20 Å². The summed E-state index contributed by atoms with van der Waals surface area (Å²) < 4.78 is 0. The van der Waals surface area contributed by atoms with Gasteiger partial charge in [-0.15, -0.1) is 0 Å². The summed E-state index contributed by atoms with van der Waals surface area (Å²) in [5.74, 6) is 0. The quantitative estimate of drug-likeness (QED) is 0.682. The summed E-state index contributed by atoms with van der Waals surface area (Å²) in [4.78, 5) is 4.46. The van der Waals surface area contributed by atoms with E-state index >= 15 is 0 Å². The summed E-state index contributed by atoms with van der Waals surface area (Å²) in [5, 5.41) is 7.93. The molecule has 3 aromatic rings. The largest absolute Gasteiger partial charge is 0.256 e. The Morgan fingerprint density at radius 1 is 0.667 bits per heavy atom. The molecule has 0 saturated heterocycles. The van der Waals surface area contributed by atoms with Gasteiger partial charge in [0.15, 0.2) is 0 Å². The van der Waals surface area contributed by atoms with Crippen LogP contribution in [0.2, 0.25) is 0 Å². The zero-order valence-corrected chi connectivity index (χ0v) is 9.69. The second kappa shape index (κ2) is 4.75. The van der Waals surface area contributed by atoms with Crippen molar-refractivity contribution in [2.75, 3.05) is 0 Å². The van der Waals surface area contributed by atoms with Gasteiger partial charge in [0.1, 0.15) is 0 Å². The van der Waals surface area contributed by atoms with Gasteiger partial charge < -0.3 is 0 Å². The summed E-state index contributed by atoms with van der Waals surface area (Å²) in [5.41, 5.74) is 3.89. The van der Waals surface area contributed by atoms with Gasteiger partial charge in [0.2, 0.25) is 0 Å². The molecule has 0 spiro atoms. The normalized spacial score (nSPS) is 10.2. The van der Waals surface area contributed by atoms with Crippen LogP contribution in [0.3, 0.4) is 0 Å². The van der Waals surface area contributed by atoms with Gasteiger partial charge >= 0.3 is 0 Å². The molecule has 18 heavy (non-hydrogen) atoms. The lowest BCUT2D eigenvalue weighted by Gasteiger charge is -2.02. The minimum absolute atomic E-state index is 0.838. The lowest BCUT2D eigenvalue weighted by molar-refractivity contribution is 1.04. The van der Waals surface area contributed by atoms with Crippen molar-refractivity contribution >= 4 is 0 Å². The summed E-state index contributed by atoms with van der Waals surface area (Å²) in [6.07, 6.45) is 3.49. The summed E-state index contributed by atoms with van der Waals surface area (Å²) in [6, 6.07) is 17.9. The number of nitrogens with zero attached hydrogens (tertiary/aromatic N) is 3. The topological polar surface area (TPSA) is 38.7 Å². The highest BCUT2D eigenvalue weighted by Crippen LogP contribution is 2.20. The van der Waals surface area contributed by atoms with Crippen LogP contribution < -0.4 is 0 Å². The Morgan fingerprint density at radius 3 is 2.22 bits per heavy atom. The molecule has 3 nitrogen and oxygen atoms in total. The van der Waals surface area contributed by atoms with Crippen molar-refractivity contribution in [3.63, 3.8) is 0 Å². The van der Waals surface area contributed by atoms with E-state index in [-0.39, 0.29) is 0 Å². The number of hydrogen-bond acceptors (Lipinski definition) is 3. The Hall–Kier alpha value is -2.55. The number of aromatic nitrogens is 3. The molecular weight excluding hydrogens is 222 g/mol. The predicted octanol–water partition coefficient (Wildman–Crippen LogP) is 3.21. The van der Waals surface area contributed by atoms with E-state index < -0.39 is 0 Å². The van der Waals surface area contributed by atoms with Gasteiger partial charge in [0.25, 0.3) is 0 Å². The van der Waals surface area contributed by atoms with E-state index in [0.29, 0.717) is 0 Å². The maximum absolute atomic E-state index is 4.46. The number of benzene rings is 1. The summed E-state index contributed by atoms with van der Waals surface area (Å²) >= 11 is 0. The molecule has 0 fully saturated rings. The van der Waals surface area contributed by atoms with E-state index in [4.69, 9.17) is 0 Å². The molecule has 1 aromatic carbocycles. The molecule has 86 valence electrons. The lowest BCUT2D eigenvalue weighted by Crippen LogP contribution is -1.88. The fourth-order valence-electron chi connectivity index (χ4n) is 1.78. The molecule has 0 aliphatic heterocycles. The molecule has 0 amide bonds. The van der Waals surface area contributed by atoms with Crippen molar-refractivity contribution in [1.82, 2.24) is 15.2 Å². The van der Waals surface area contributed by atoms with Gasteiger partial charge in [-0.2, -0.15) is 10.2 Å². The molecule has 0 saturated carbocycles. The van der Waals surface area contributed by atoms with Gasteiger partial charge in [-0.1, -0.05) is 30.3 Å². The monoisotopic (exact) mass is 233 g/mol. The highest BCUT2D eigenvalue weighted by atomic mass is 15.1. The summed E-state index contributed by atoms with van der Waals surface area (Å²) in [6.45, 7) is 0. The zero-order chi connectivity index (χ0) is 12.2. The number of pyridine rings is 1. The molecule has 0 unspecified atom stereocenters. The SMILES string of the molecule is c1ccc(-c2ccc(-c3cccnn3)cn2)cc1. The van der Waals surface area contributed by atoms with Crippen LogP contribution in [0.1, 0.15) is 0 Å². The Balaban J connectivity index is 1.95. The van der Waals surface area contributed by atoms with Crippen LogP contribution >= 0.6 is 0 Å². The van der Waals surface area contributed by atoms with Crippen LogP contribution in [0.5, 0.6) is 0 Å². The van der Waals surface area contributed by atoms with Gasteiger partial charge in [-0.3, -0.25) is 4.98 Å². The van der Waals surface area contributed by atoms with Gasteiger partial charge in [-0.25, -0.2) is 0 Å². The van der Waals surface area contributed by atoms with Crippen LogP contribution in [-0.2, 0) is 0 Å². The first-order chi connectivity index (χ1) is 8.93. The van der Waals surface area contributed by atoms with Gasteiger partial charge in [0.05, 0.1) is 11.4 Å². The third-order valence-corrected chi connectivity index (χ3v) is 2.70. The Kier molecular flexibility index (Phi) is 2.80. The minimum atomic E-state index is 0.838. The molecule has 0 radical (unpaired) electrons. The lowest BCUT2D eigenvalue weighted by atomic mass is 10.1. The van der Waals surface area contributed by atoms with Gasteiger partial charge in [-0.05, 0) is 24.3 Å². The van der Waals surface area contributed by atoms with E-state index in [1.807, 2.05) is 60.8 Å². The average molecular weight is 233 g/mol. The third-order valence-electron chi connectivity index (χ3n) is 2.70. The predicted molar refractivity (Wildman–Crippen MR) is 70.7 cm³/mol. The maximum atomic E-state index is 4.46. The van der Waals surface area contributed by atoms with E-state index in [9.17, 15) is 0 Å². The maximum Gasteiger partial charge on any atom is 0.0945 e. The molecule has 3 heteroatoms. The smallest absolute Gasteiger partial charge is 0.0945 e. The molecule has 3 rings (SSSR count).